The highest BCUT2D eigenvalue weighted by Crippen LogP contribution is 2.23. The van der Waals surface area contributed by atoms with Gasteiger partial charge in [-0.15, -0.1) is 0 Å². The summed E-state index contributed by atoms with van der Waals surface area (Å²) in [6.07, 6.45) is 3.95. The van der Waals surface area contributed by atoms with Crippen molar-refractivity contribution in [3.05, 3.63) is 74.1 Å². The summed E-state index contributed by atoms with van der Waals surface area (Å²) in [5, 5.41) is 10.7. The Morgan fingerprint density at radius 1 is 1.18 bits per heavy atom. The van der Waals surface area contributed by atoms with Crippen LogP contribution in [0.1, 0.15) is 25.8 Å². The van der Waals surface area contributed by atoms with Crippen LogP contribution in [0.15, 0.2) is 62.3 Å². The fourth-order valence-electron chi connectivity index (χ4n) is 3.14. The monoisotopic (exact) mass is 381 g/mol. The molecule has 1 aliphatic rings. The van der Waals surface area contributed by atoms with Gasteiger partial charge in [-0.25, -0.2) is 9.36 Å². The zero-order valence-corrected chi connectivity index (χ0v) is 16.2. The number of para-hydroxylation sites is 1. The van der Waals surface area contributed by atoms with E-state index in [0.29, 0.717) is 24.4 Å². The molecule has 0 unspecified atom stereocenters. The Balaban J connectivity index is 2.26. The molecule has 0 saturated heterocycles. The van der Waals surface area contributed by atoms with Crippen molar-refractivity contribution in [3.8, 4) is 11.6 Å². The summed E-state index contributed by atoms with van der Waals surface area (Å²) in [5.41, 5.74) is 1.59. The highest BCUT2D eigenvalue weighted by molar-refractivity contribution is 5.98. The lowest BCUT2D eigenvalue weighted by molar-refractivity contribution is 0.188. The molecule has 3 rings (SSSR count). The second kappa shape index (κ2) is 8.22. The van der Waals surface area contributed by atoms with Crippen molar-refractivity contribution < 1.29 is 9.84 Å². The average Bonchev–Trinajstić information content (AvgIpc) is 2.99. The third kappa shape index (κ3) is 3.75. The second-order valence-corrected chi connectivity index (χ2v) is 6.60. The minimum atomic E-state index is -0.592. The summed E-state index contributed by atoms with van der Waals surface area (Å²) in [7, 11) is 1.57. The van der Waals surface area contributed by atoms with Gasteiger partial charge in [0, 0.05) is 26.0 Å². The lowest BCUT2D eigenvalue weighted by atomic mass is 10.1. The zero-order chi connectivity index (χ0) is 20.3. The van der Waals surface area contributed by atoms with E-state index in [1.165, 1.54) is 10.6 Å². The highest BCUT2D eigenvalue weighted by atomic mass is 16.5. The van der Waals surface area contributed by atoms with Crippen molar-refractivity contribution in [1.29, 1.82) is 0 Å². The Morgan fingerprint density at radius 2 is 1.89 bits per heavy atom. The van der Waals surface area contributed by atoms with Crippen LogP contribution >= 0.6 is 0 Å². The van der Waals surface area contributed by atoms with Gasteiger partial charge in [-0.3, -0.25) is 14.4 Å². The Kier molecular flexibility index (Phi) is 5.75. The SMILES string of the molecule is COCCCn1c(O)c(C=C2N=C(C)C=C2C)c(=O)n(-c2ccccc2)c1=O. The number of methoxy groups -OCH3 is 1. The molecule has 7 nitrogen and oxygen atoms in total. The number of hydrogen-bond acceptors (Lipinski definition) is 5. The van der Waals surface area contributed by atoms with Crippen molar-refractivity contribution in [3.63, 3.8) is 0 Å². The van der Waals surface area contributed by atoms with E-state index in [0.717, 1.165) is 15.9 Å². The summed E-state index contributed by atoms with van der Waals surface area (Å²) in [6.45, 7) is 4.39. The Hall–Kier alpha value is -3.19. The molecule has 2 heterocycles. The molecule has 2 aromatic rings. The molecule has 1 aromatic carbocycles. The van der Waals surface area contributed by atoms with Crippen LogP contribution in [0, 0.1) is 0 Å². The zero-order valence-electron chi connectivity index (χ0n) is 16.2. The lowest BCUT2D eigenvalue weighted by Gasteiger charge is -2.15. The molecule has 0 radical (unpaired) electrons. The van der Waals surface area contributed by atoms with E-state index in [1.54, 1.807) is 37.4 Å². The first kappa shape index (κ1) is 19.6. The van der Waals surface area contributed by atoms with Crippen molar-refractivity contribution >= 4 is 11.8 Å². The number of rotatable bonds is 6. The summed E-state index contributed by atoms with van der Waals surface area (Å²) in [4.78, 5) is 30.5. The standard InChI is InChI=1S/C21H23N3O4/c1-14-12-15(2)22-18(14)13-17-19(25)23(10-7-11-28-3)21(27)24(20(17)26)16-8-5-4-6-9-16/h4-6,8-9,12-13,25H,7,10-11H2,1-3H3. The first-order valence-corrected chi connectivity index (χ1v) is 9.03. The summed E-state index contributed by atoms with van der Waals surface area (Å²) in [6, 6.07) is 8.66. The molecule has 1 aliphatic heterocycles. The van der Waals surface area contributed by atoms with Gasteiger partial charge in [0.1, 0.15) is 5.56 Å². The number of hydrogen-bond donors (Lipinski definition) is 1. The molecule has 0 fully saturated rings. The molecular formula is C21H23N3O4. The van der Waals surface area contributed by atoms with Crippen LogP contribution in [0.5, 0.6) is 5.88 Å². The molecular weight excluding hydrogens is 358 g/mol. The maximum Gasteiger partial charge on any atom is 0.338 e. The average molecular weight is 381 g/mol. The lowest BCUT2D eigenvalue weighted by Crippen LogP contribution is -2.40. The van der Waals surface area contributed by atoms with Crippen molar-refractivity contribution in [2.75, 3.05) is 13.7 Å². The molecule has 1 aromatic heterocycles. The molecule has 0 bridgehead atoms. The molecule has 0 spiro atoms. The molecule has 0 aliphatic carbocycles. The first-order valence-electron chi connectivity index (χ1n) is 9.03. The smallest absolute Gasteiger partial charge is 0.338 e. The van der Waals surface area contributed by atoms with E-state index in [9.17, 15) is 14.7 Å². The van der Waals surface area contributed by atoms with E-state index in [-0.39, 0.29) is 18.0 Å². The maximum atomic E-state index is 13.1. The molecule has 146 valence electrons. The van der Waals surface area contributed by atoms with Gasteiger partial charge in [-0.1, -0.05) is 18.2 Å². The predicted octanol–water partition coefficient (Wildman–Crippen LogP) is 2.50. The van der Waals surface area contributed by atoms with Gasteiger partial charge in [0.15, 0.2) is 0 Å². The van der Waals surface area contributed by atoms with Gasteiger partial charge in [0.2, 0.25) is 5.88 Å². The van der Waals surface area contributed by atoms with Gasteiger partial charge >= 0.3 is 5.69 Å². The van der Waals surface area contributed by atoms with Crippen LogP contribution in [-0.2, 0) is 11.3 Å². The number of ether oxygens (including phenoxy) is 1. The molecule has 0 atom stereocenters. The first-order chi connectivity index (χ1) is 13.4. The fraction of sp³-hybridized carbons (Fsp3) is 0.286. The van der Waals surface area contributed by atoms with Crippen LogP contribution < -0.4 is 11.2 Å². The molecule has 1 N–H and O–H groups in total. The molecule has 0 saturated carbocycles. The minimum Gasteiger partial charge on any atom is -0.494 e. The van der Waals surface area contributed by atoms with Gasteiger partial charge < -0.3 is 9.84 Å². The highest BCUT2D eigenvalue weighted by Gasteiger charge is 2.20. The third-order valence-electron chi connectivity index (χ3n) is 4.50. The van der Waals surface area contributed by atoms with Crippen molar-refractivity contribution in [2.24, 2.45) is 4.99 Å². The minimum absolute atomic E-state index is 0.0297. The third-order valence-corrected chi connectivity index (χ3v) is 4.50. The van der Waals surface area contributed by atoms with Crippen LogP contribution in [0.3, 0.4) is 0 Å². The Bertz CT molecular complexity index is 1090. The predicted molar refractivity (Wildman–Crippen MR) is 109 cm³/mol. The second-order valence-electron chi connectivity index (χ2n) is 6.60. The summed E-state index contributed by atoms with van der Waals surface area (Å²) < 4.78 is 7.31. The van der Waals surface area contributed by atoms with Crippen LogP contribution in [-0.4, -0.2) is 33.7 Å². The van der Waals surface area contributed by atoms with Crippen molar-refractivity contribution in [2.45, 2.75) is 26.8 Å². The number of benzene rings is 1. The number of aromatic nitrogens is 2. The van der Waals surface area contributed by atoms with Gasteiger partial charge in [-0.05, 0) is 50.1 Å². The number of aromatic hydroxyl groups is 1. The van der Waals surface area contributed by atoms with E-state index < -0.39 is 11.2 Å². The largest absolute Gasteiger partial charge is 0.494 e. The maximum absolute atomic E-state index is 13.1. The Morgan fingerprint density at radius 3 is 2.50 bits per heavy atom. The molecule has 7 heteroatoms. The van der Waals surface area contributed by atoms with Crippen LogP contribution in [0.2, 0.25) is 0 Å². The van der Waals surface area contributed by atoms with Crippen LogP contribution in [0.4, 0.5) is 0 Å². The summed E-state index contributed by atoms with van der Waals surface area (Å²) >= 11 is 0. The van der Waals surface area contributed by atoms with Gasteiger partial charge in [0.05, 0.1) is 11.4 Å². The summed E-state index contributed by atoms with van der Waals surface area (Å²) in [5.74, 6) is -0.363. The quantitative estimate of drug-likeness (QED) is 0.779. The van der Waals surface area contributed by atoms with E-state index >= 15 is 0 Å². The van der Waals surface area contributed by atoms with Gasteiger partial charge in [-0.2, -0.15) is 0 Å². The van der Waals surface area contributed by atoms with E-state index in [1.807, 2.05) is 19.9 Å². The number of aliphatic imine (C=N–C) groups is 1. The van der Waals surface area contributed by atoms with Crippen molar-refractivity contribution in [1.82, 2.24) is 9.13 Å². The molecule has 28 heavy (non-hydrogen) atoms. The normalized spacial score (nSPS) is 15.0. The van der Waals surface area contributed by atoms with E-state index in [2.05, 4.69) is 4.99 Å². The van der Waals surface area contributed by atoms with Gasteiger partial charge in [0.25, 0.3) is 5.56 Å². The molecule has 0 amide bonds. The Labute approximate surface area is 162 Å². The van der Waals surface area contributed by atoms with E-state index in [4.69, 9.17) is 4.74 Å². The topological polar surface area (TPSA) is 85.8 Å². The number of nitrogens with zero attached hydrogens (tertiary/aromatic N) is 3. The fourth-order valence-corrected chi connectivity index (χ4v) is 3.14. The van der Waals surface area contributed by atoms with Crippen LogP contribution in [0.25, 0.3) is 11.8 Å². The number of allylic oxidation sites excluding steroid dienone is 2.